The third-order valence-corrected chi connectivity index (χ3v) is 3.52. The van der Waals surface area contributed by atoms with Crippen molar-refractivity contribution in [1.82, 2.24) is 0 Å². The van der Waals surface area contributed by atoms with Gasteiger partial charge in [0.05, 0.1) is 11.9 Å². The van der Waals surface area contributed by atoms with Gasteiger partial charge in [-0.05, 0) is 38.0 Å². The van der Waals surface area contributed by atoms with Gasteiger partial charge in [-0.15, -0.1) is 0 Å². The molecule has 0 saturated heterocycles. The van der Waals surface area contributed by atoms with Crippen molar-refractivity contribution in [3.8, 4) is 0 Å². The summed E-state index contributed by atoms with van der Waals surface area (Å²) in [6, 6.07) is 0. The second-order valence-corrected chi connectivity index (χ2v) is 7.09. The molecule has 0 aromatic rings. The average Bonchev–Trinajstić information content (AvgIpc) is 2.12. The first-order chi connectivity index (χ1) is 7.70. The molecular weight excluding hydrogens is 238 g/mol. The molecule has 0 spiro atoms. The van der Waals surface area contributed by atoms with Crippen LogP contribution in [0.25, 0.3) is 0 Å². The standard InChI is InChI=1S/C12H27NO3S/c1-10(2)9-12(4)16-7-5-11(3)6-8-17(13,14)15/h10-12H,5-9H2,1-4H3,(H2,13,14,15). The molecule has 4 nitrogen and oxygen atoms in total. The van der Waals surface area contributed by atoms with Gasteiger partial charge in [0.15, 0.2) is 0 Å². The molecule has 0 saturated carbocycles. The van der Waals surface area contributed by atoms with Gasteiger partial charge in [0.2, 0.25) is 10.0 Å². The molecular formula is C12H27NO3S. The van der Waals surface area contributed by atoms with Crippen molar-refractivity contribution < 1.29 is 13.2 Å². The fourth-order valence-corrected chi connectivity index (χ4v) is 2.44. The summed E-state index contributed by atoms with van der Waals surface area (Å²) in [6.45, 7) is 9.15. The van der Waals surface area contributed by atoms with E-state index in [9.17, 15) is 8.42 Å². The lowest BCUT2D eigenvalue weighted by Crippen LogP contribution is -2.19. The number of sulfonamides is 1. The summed E-state index contributed by atoms with van der Waals surface area (Å²) < 4.78 is 27.2. The van der Waals surface area contributed by atoms with Crippen molar-refractivity contribution in [3.05, 3.63) is 0 Å². The quantitative estimate of drug-likeness (QED) is 0.694. The monoisotopic (exact) mass is 265 g/mol. The Morgan fingerprint density at radius 3 is 2.18 bits per heavy atom. The Hall–Kier alpha value is -0.130. The number of primary sulfonamides is 1. The molecule has 2 atom stereocenters. The van der Waals surface area contributed by atoms with Gasteiger partial charge in [-0.3, -0.25) is 0 Å². The lowest BCUT2D eigenvalue weighted by Gasteiger charge is -2.17. The van der Waals surface area contributed by atoms with E-state index in [2.05, 4.69) is 20.8 Å². The van der Waals surface area contributed by atoms with Gasteiger partial charge in [-0.1, -0.05) is 20.8 Å². The summed E-state index contributed by atoms with van der Waals surface area (Å²) in [4.78, 5) is 0. The van der Waals surface area contributed by atoms with Gasteiger partial charge < -0.3 is 4.74 Å². The van der Waals surface area contributed by atoms with E-state index in [1.54, 1.807) is 0 Å². The van der Waals surface area contributed by atoms with Gasteiger partial charge in [0.1, 0.15) is 0 Å². The van der Waals surface area contributed by atoms with Crippen LogP contribution in [0.4, 0.5) is 0 Å². The van der Waals surface area contributed by atoms with E-state index in [1.807, 2.05) is 6.92 Å². The summed E-state index contributed by atoms with van der Waals surface area (Å²) in [7, 11) is -3.32. The van der Waals surface area contributed by atoms with Crippen LogP contribution in [0.2, 0.25) is 0 Å². The summed E-state index contributed by atoms with van der Waals surface area (Å²) in [5.74, 6) is 1.04. The minimum Gasteiger partial charge on any atom is -0.378 e. The smallest absolute Gasteiger partial charge is 0.209 e. The van der Waals surface area contributed by atoms with Crippen LogP contribution in [0.1, 0.15) is 47.0 Å². The topological polar surface area (TPSA) is 69.4 Å². The zero-order chi connectivity index (χ0) is 13.5. The number of hydrogen-bond donors (Lipinski definition) is 1. The minimum absolute atomic E-state index is 0.0652. The normalized spacial score (nSPS) is 16.1. The summed E-state index contributed by atoms with van der Waals surface area (Å²) in [6.07, 6.45) is 2.84. The largest absolute Gasteiger partial charge is 0.378 e. The van der Waals surface area contributed by atoms with Crippen LogP contribution in [0.5, 0.6) is 0 Å². The summed E-state index contributed by atoms with van der Waals surface area (Å²) >= 11 is 0. The van der Waals surface area contributed by atoms with Crippen LogP contribution in [0.3, 0.4) is 0 Å². The van der Waals surface area contributed by atoms with Gasteiger partial charge in [-0.25, -0.2) is 13.6 Å². The molecule has 104 valence electrons. The molecule has 0 bridgehead atoms. The Kier molecular flexibility index (Phi) is 8.00. The molecule has 0 heterocycles. The predicted molar refractivity (Wildman–Crippen MR) is 71.2 cm³/mol. The molecule has 2 unspecified atom stereocenters. The molecule has 0 aliphatic carbocycles. The highest BCUT2D eigenvalue weighted by molar-refractivity contribution is 7.89. The highest BCUT2D eigenvalue weighted by Gasteiger charge is 2.10. The molecule has 0 fully saturated rings. The lowest BCUT2D eigenvalue weighted by molar-refractivity contribution is 0.0443. The van der Waals surface area contributed by atoms with Gasteiger partial charge >= 0.3 is 0 Å². The maximum Gasteiger partial charge on any atom is 0.209 e. The van der Waals surface area contributed by atoms with E-state index in [4.69, 9.17) is 9.88 Å². The van der Waals surface area contributed by atoms with Crippen molar-refractivity contribution in [3.63, 3.8) is 0 Å². The minimum atomic E-state index is -3.32. The Balaban J connectivity index is 3.61. The first kappa shape index (κ1) is 16.9. The summed E-state index contributed by atoms with van der Waals surface area (Å²) in [5, 5.41) is 4.96. The fourth-order valence-electron chi connectivity index (χ4n) is 1.71. The van der Waals surface area contributed by atoms with Gasteiger partial charge in [-0.2, -0.15) is 0 Å². The predicted octanol–water partition coefficient (Wildman–Crippen LogP) is 2.14. The van der Waals surface area contributed by atoms with Crippen LogP contribution in [-0.4, -0.2) is 26.9 Å². The molecule has 0 aliphatic heterocycles. The average molecular weight is 265 g/mol. The SMILES string of the molecule is CC(C)CC(C)OCCC(C)CCS(N)(=O)=O. The maximum absolute atomic E-state index is 10.8. The Morgan fingerprint density at radius 2 is 1.71 bits per heavy atom. The highest BCUT2D eigenvalue weighted by Crippen LogP contribution is 2.12. The Labute approximate surface area is 106 Å². The van der Waals surface area contributed by atoms with Crippen LogP contribution in [-0.2, 0) is 14.8 Å². The van der Waals surface area contributed by atoms with E-state index in [0.29, 0.717) is 24.9 Å². The molecule has 5 heteroatoms. The first-order valence-corrected chi connectivity index (χ1v) is 8.04. The van der Waals surface area contributed by atoms with E-state index < -0.39 is 10.0 Å². The Bertz CT molecular complexity index is 288. The molecule has 0 rings (SSSR count). The molecule has 0 amide bonds. The second-order valence-electron chi connectivity index (χ2n) is 5.36. The number of hydrogen-bond acceptors (Lipinski definition) is 3. The first-order valence-electron chi connectivity index (χ1n) is 6.32. The van der Waals surface area contributed by atoms with Crippen LogP contribution >= 0.6 is 0 Å². The fraction of sp³-hybridized carbons (Fsp3) is 1.00. The molecule has 0 aliphatic rings. The van der Waals surface area contributed by atoms with Crippen LogP contribution in [0.15, 0.2) is 0 Å². The van der Waals surface area contributed by atoms with Crippen LogP contribution < -0.4 is 5.14 Å². The summed E-state index contributed by atoms with van der Waals surface area (Å²) in [5.41, 5.74) is 0. The van der Waals surface area contributed by atoms with E-state index >= 15 is 0 Å². The lowest BCUT2D eigenvalue weighted by atomic mass is 10.1. The zero-order valence-corrected chi connectivity index (χ0v) is 12.3. The molecule has 17 heavy (non-hydrogen) atoms. The zero-order valence-electron chi connectivity index (χ0n) is 11.5. The van der Waals surface area contributed by atoms with Gasteiger partial charge in [0, 0.05) is 6.61 Å². The van der Waals surface area contributed by atoms with Crippen molar-refractivity contribution in [2.45, 2.75) is 53.1 Å². The molecule has 2 N–H and O–H groups in total. The van der Waals surface area contributed by atoms with E-state index in [-0.39, 0.29) is 11.9 Å². The van der Waals surface area contributed by atoms with Crippen molar-refractivity contribution in [2.75, 3.05) is 12.4 Å². The number of nitrogens with two attached hydrogens (primary N) is 1. The Morgan fingerprint density at radius 1 is 1.12 bits per heavy atom. The third kappa shape index (κ3) is 12.1. The van der Waals surface area contributed by atoms with E-state index in [0.717, 1.165) is 12.8 Å². The van der Waals surface area contributed by atoms with Crippen molar-refractivity contribution in [1.29, 1.82) is 0 Å². The molecule has 0 aromatic carbocycles. The van der Waals surface area contributed by atoms with E-state index in [1.165, 1.54) is 0 Å². The maximum atomic E-state index is 10.8. The van der Waals surface area contributed by atoms with Gasteiger partial charge in [0.25, 0.3) is 0 Å². The second kappa shape index (κ2) is 8.06. The van der Waals surface area contributed by atoms with Crippen molar-refractivity contribution >= 4 is 10.0 Å². The molecule has 0 aromatic heterocycles. The highest BCUT2D eigenvalue weighted by atomic mass is 32.2. The number of rotatable bonds is 9. The van der Waals surface area contributed by atoms with Crippen molar-refractivity contribution in [2.24, 2.45) is 17.0 Å². The number of ether oxygens (including phenoxy) is 1. The molecule has 0 radical (unpaired) electrons. The third-order valence-electron chi connectivity index (χ3n) is 2.71. The van der Waals surface area contributed by atoms with Crippen LogP contribution in [0, 0.1) is 11.8 Å².